The normalized spacial score (nSPS) is 15.4. The fraction of sp³-hybridized carbons (Fsp3) is 0.571. The van der Waals surface area contributed by atoms with E-state index in [1.165, 1.54) is 49.5 Å². The zero-order valence-electron chi connectivity index (χ0n) is 10.9. The SMILES string of the molecule is COc1ccc(CCCCN2CCSC2)cc1.Cl. The van der Waals surface area contributed by atoms with Crippen LogP contribution in [0.5, 0.6) is 5.75 Å². The highest BCUT2D eigenvalue weighted by molar-refractivity contribution is 7.99. The lowest BCUT2D eigenvalue weighted by atomic mass is 10.1. The first-order chi connectivity index (χ1) is 8.38. The molecule has 0 radical (unpaired) electrons. The summed E-state index contributed by atoms with van der Waals surface area (Å²) in [6.45, 7) is 2.55. The standard InChI is InChI=1S/C14H21NOS.ClH/c1-16-14-7-5-13(6-8-14)4-2-3-9-15-10-11-17-12-15;/h5-8H,2-4,9-12H2,1H3;1H. The molecule has 1 saturated heterocycles. The van der Waals surface area contributed by atoms with Gasteiger partial charge in [0.2, 0.25) is 0 Å². The summed E-state index contributed by atoms with van der Waals surface area (Å²) in [5.74, 6) is 3.50. The molecule has 0 aromatic heterocycles. The van der Waals surface area contributed by atoms with Crippen LogP contribution in [0, 0.1) is 0 Å². The number of benzene rings is 1. The Balaban J connectivity index is 0.00000162. The van der Waals surface area contributed by atoms with Crippen LogP contribution >= 0.6 is 24.2 Å². The monoisotopic (exact) mass is 287 g/mol. The number of unbranched alkanes of at least 4 members (excludes halogenated alkanes) is 1. The molecule has 0 aliphatic carbocycles. The van der Waals surface area contributed by atoms with Crippen LogP contribution in [-0.2, 0) is 6.42 Å². The second-order valence-corrected chi connectivity index (χ2v) is 5.54. The maximum atomic E-state index is 5.15. The van der Waals surface area contributed by atoms with Crippen molar-refractivity contribution in [3.63, 3.8) is 0 Å². The fourth-order valence-electron chi connectivity index (χ4n) is 2.08. The third-order valence-electron chi connectivity index (χ3n) is 3.17. The average molecular weight is 288 g/mol. The molecule has 0 N–H and O–H groups in total. The van der Waals surface area contributed by atoms with Gasteiger partial charge in [-0.25, -0.2) is 0 Å². The van der Waals surface area contributed by atoms with Crippen LogP contribution in [0.1, 0.15) is 18.4 Å². The number of nitrogens with zero attached hydrogens (tertiary/aromatic N) is 1. The zero-order valence-corrected chi connectivity index (χ0v) is 12.6. The molecule has 0 atom stereocenters. The molecule has 18 heavy (non-hydrogen) atoms. The van der Waals surface area contributed by atoms with Gasteiger partial charge in [0.1, 0.15) is 5.75 Å². The maximum absolute atomic E-state index is 5.15. The molecule has 1 aromatic carbocycles. The minimum atomic E-state index is 0. The lowest BCUT2D eigenvalue weighted by Crippen LogP contribution is -2.20. The van der Waals surface area contributed by atoms with Gasteiger partial charge >= 0.3 is 0 Å². The third-order valence-corrected chi connectivity index (χ3v) is 4.19. The molecular formula is C14H22ClNOS. The van der Waals surface area contributed by atoms with E-state index in [-0.39, 0.29) is 12.4 Å². The molecule has 1 heterocycles. The van der Waals surface area contributed by atoms with Crippen molar-refractivity contribution in [3.8, 4) is 5.75 Å². The maximum Gasteiger partial charge on any atom is 0.118 e. The average Bonchev–Trinajstić information content (AvgIpc) is 2.88. The van der Waals surface area contributed by atoms with Crippen LogP contribution < -0.4 is 4.74 Å². The van der Waals surface area contributed by atoms with Gasteiger partial charge in [0.15, 0.2) is 0 Å². The Morgan fingerprint density at radius 2 is 2.00 bits per heavy atom. The van der Waals surface area contributed by atoms with Crippen molar-refractivity contribution in [1.82, 2.24) is 4.90 Å². The molecule has 2 rings (SSSR count). The van der Waals surface area contributed by atoms with Crippen molar-refractivity contribution in [2.24, 2.45) is 0 Å². The molecule has 0 saturated carbocycles. The van der Waals surface area contributed by atoms with Gasteiger partial charge in [-0.1, -0.05) is 12.1 Å². The molecule has 0 unspecified atom stereocenters. The molecule has 1 aliphatic rings. The van der Waals surface area contributed by atoms with E-state index >= 15 is 0 Å². The van der Waals surface area contributed by atoms with Crippen LogP contribution in [0.15, 0.2) is 24.3 Å². The van der Waals surface area contributed by atoms with E-state index in [9.17, 15) is 0 Å². The van der Waals surface area contributed by atoms with E-state index in [1.54, 1.807) is 7.11 Å². The van der Waals surface area contributed by atoms with Crippen LogP contribution in [0.3, 0.4) is 0 Å². The number of rotatable bonds is 6. The highest BCUT2D eigenvalue weighted by atomic mass is 35.5. The van der Waals surface area contributed by atoms with Gasteiger partial charge < -0.3 is 4.74 Å². The van der Waals surface area contributed by atoms with E-state index in [0.717, 1.165) is 5.75 Å². The number of thioether (sulfide) groups is 1. The number of hydrogen-bond acceptors (Lipinski definition) is 3. The van der Waals surface area contributed by atoms with E-state index in [1.807, 2.05) is 12.1 Å². The number of halogens is 1. The zero-order chi connectivity index (χ0) is 11.9. The summed E-state index contributed by atoms with van der Waals surface area (Å²) in [4.78, 5) is 2.55. The quantitative estimate of drug-likeness (QED) is 0.744. The first-order valence-electron chi connectivity index (χ1n) is 6.31. The number of methoxy groups -OCH3 is 1. The predicted octanol–water partition coefficient (Wildman–Crippen LogP) is 3.45. The Hall–Kier alpha value is -0.380. The van der Waals surface area contributed by atoms with Crippen molar-refractivity contribution in [1.29, 1.82) is 0 Å². The van der Waals surface area contributed by atoms with Crippen LogP contribution in [0.25, 0.3) is 0 Å². The number of hydrogen-bond donors (Lipinski definition) is 0. The van der Waals surface area contributed by atoms with Crippen molar-refractivity contribution >= 4 is 24.2 Å². The summed E-state index contributed by atoms with van der Waals surface area (Å²) in [6, 6.07) is 8.44. The molecule has 0 bridgehead atoms. The molecular weight excluding hydrogens is 266 g/mol. The highest BCUT2D eigenvalue weighted by Crippen LogP contribution is 2.15. The molecule has 0 amide bonds. The molecule has 102 valence electrons. The number of ether oxygens (including phenoxy) is 1. The summed E-state index contributed by atoms with van der Waals surface area (Å²) in [7, 11) is 1.71. The second-order valence-electron chi connectivity index (χ2n) is 4.46. The molecule has 1 aliphatic heterocycles. The van der Waals surface area contributed by atoms with Crippen molar-refractivity contribution in [3.05, 3.63) is 29.8 Å². The lowest BCUT2D eigenvalue weighted by Gasteiger charge is -2.12. The van der Waals surface area contributed by atoms with E-state index in [2.05, 4.69) is 28.8 Å². The molecule has 4 heteroatoms. The van der Waals surface area contributed by atoms with Gasteiger partial charge in [-0.2, -0.15) is 0 Å². The van der Waals surface area contributed by atoms with Gasteiger partial charge in [0.25, 0.3) is 0 Å². The molecule has 0 spiro atoms. The number of aryl methyl sites for hydroxylation is 1. The van der Waals surface area contributed by atoms with Gasteiger partial charge in [-0.05, 0) is 43.5 Å². The minimum absolute atomic E-state index is 0. The molecule has 1 aromatic rings. The molecule has 2 nitrogen and oxygen atoms in total. The third kappa shape index (κ3) is 5.09. The summed E-state index contributed by atoms with van der Waals surface area (Å²) in [5, 5.41) is 0. The van der Waals surface area contributed by atoms with Crippen molar-refractivity contribution in [2.45, 2.75) is 19.3 Å². The highest BCUT2D eigenvalue weighted by Gasteiger charge is 2.10. The Kier molecular flexibility index (Phi) is 7.56. The first-order valence-corrected chi connectivity index (χ1v) is 7.47. The molecule has 1 fully saturated rings. The summed E-state index contributed by atoms with van der Waals surface area (Å²) in [6.07, 6.45) is 3.78. The Bertz CT molecular complexity index is 325. The van der Waals surface area contributed by atoms with Gasteiger partial charge in [0, 0.05) is 18.2 Å². The lowest BCUT2D eigenvalue weighted by molar-refractivity contribution is 0.346. The predicted molar refractivity (Wildman–Crippen MR) is 82.1 cm³/mol. The van der Waals surface area contributed by atoms with Crippen molar-refractivity contribution in [2.75, 3.05) is 31.8 Å². The Labute approximate surface area is 120 Å². The van der Waals surface area contributed by atoms with Gasteiger partial charge in [0.05, 0.1) is 7.11 Å². The summed E-state index contributed by atoms with van der Waals surface area (Å²) >= 11 is 2.05. The fourth-order valence-corrected chi connectivity index (χ4v) is 3.12. The summed E-state index contributed by atoms with van der Waals surface area (Å²) in [5.41, 5.74) is 1.42. The van der Waals surface area contributed by atoms with Crippen molar-refractivity contribution < 1.29 is 4.74 Å². The van der Waals surface area contributed by atoms with E-state index in [0.29, 0.717) is 0 Å². The summed E-state index contributed by atoms with van der Waals surface area (Å²) < 4.78 is 5.15. The van der Waals surface area contributed by atoms with E-state index in [4.69, 9.17) is 4.74 Å². The second kappa shape index (κ2) is 8.68. The van der Waals surface area contributed by atoms with Crippen LogP contribution in [0.4, 0.5) is 0 Å². The Morgan fingerprint density at radius 1 is 1.22 bits per heavy atom. The first kappa shape index (κ1) is 15.7. The van der Waals surface area contributed by atoms with Crippen LogP contribution in [0.2, 0.25) is 0 Å². The van der Waals surface area contributed by atoms with Gasteiger partial charge in [-0.15, -0.1) is 24.2 Å². The minimum Gasteiger partial charge on any atom is -0.497 e. The largest absolute Gasteiger partial charge is 0.497 e. The van der Waals surface area contributed by atoms with E-state index < -0.39 is 0 Å². The van der Waals surface area contributed by atoms with Gasteiger partial charge in [-0.3, -0.25) is 4.90 Å². The topological polar surface area (TPSA) is 12.5 Å². The van der Waals surface area contributed by atoms with Crippen LogP contribution in [-0.4, -0.2) is 36.7 Å². The smallest absolute Gasteiger partial charge is 0.118 e. The Morgan fingerprint density at radius 3 is 2.61 bits per heavy atom.